The van der Waals surface area contributed by atoms with Crippen LogP contribution in [0, 0.1) is 48.6 Å². The van der Waals surface area contributed by atoms with Gasteiger partial charge in [0.1, 0.15) is 23.9 Å². The fourth-order valence-corrected chi connectivity index (χ4v) is 4.25. The summed E-state index contributed by atoms with van der Waals surface area (Å²) >= 11 is 0. The van der Waals surface area contributed by atoms with Crippen molar-refractivity contribution in [1.82, 2.24) is 19.7 Å². The molecule has 2 aromatic heterocycles. The van der Waals surface area contributed by atoms with Crippen LogP contribution in [0.2, 0.25) is 0 Å². The number of nitrogens with one attached hydrogen (secondary N) is 1. The molecule has 9 heteroatoms. The number of fused-ring (bicyclic) bond motifs is 1. The average molecular weight is 453 g/mol. The number of carbonyl (C=O) groups is 1. The average Bonchev–Trinajstić information content (AvgIpc) is 3.13. The van der Waals surface area contributed by atoms with Crippen molar-refractivity contribution in [3.8, 4) is 11.9 Å². The largest absolute Gasteiger partial charge is 0.470 e. The van der Waals surface area contributed by atoms with Crippen LogP contribution in [0.1, 0.15) is 53.1 Å². The zero-order valence-corrected chi connectivity index (χ0v) is 18.6. The van der Waals surface area contributed by atoms with Crippen molar-refractivity contribution in [2.45, 2.75) is 46.1 Å². The van der Waals surface area contributed by atoms with E-state index in [-0.39, 0.29) is 29.9 Å². The normalized spacial score (nSPS) is 18.2. The van der Waals surface area contributed by atoms with Gasteiger partial charge in [0.25, 0.3) is 11.8 Å². The van der Waals surface area contributed by atoms with Crippen molar-refractivity contribution in [3.05, 3.63) is 58.7 Å². The first-order valence-corrected chi connectivity index (χ1v) is 11.0. The van der Waals surface area contributed by atoms with E-state index in [2.05, 4.69) is 21.4 Å². The number of rotatable bonds is 6. The summed E-state index contributed by atoms with van der Waals surface area (Å²) < 4.78 is 35.2. The number of ether oxygens (including phenoxy) is 1. The van der Waals surface area contributed by atoms with Crippen LogP contribution in [0.25, 0.3) is 5.65 Å². The topological polar surface area (TPSA) is 92.3 Å². The summed E-state index contributed by atoms with van der Waals surface area (Å²) in [6, 6.07) is 5.93. The van der Waals surface area contributed by atoms with Gasteiger partial charge in [-0.1, -0.05) is 6.07 Å². The second-order valence-corrected chi connectivity index (χ2v) is 8.47. The number of nitriles is 1. The third kappa shape index (κ3) is 4.80. The molecule has 1 aliphatic carbocycles. The molecular weight excluding hydrogens is 428 g/mol. The Hall–Kier alpha value is -3.54. The Morgan fingerprint density at radius 1 is 1.21 bits per heavy atom. The van der Waals surface area contributed by atoms with E-state index in [4.69, 9.17) is 10.00 Å². The van der Waals surface area contributed by atoms with E-state index in [1.807, 2.05) is 0 Å². The van der Waals surface area contributed by atoms with Gasteiger partial charge in [0.05, 0.1) is 23.0 Å². The second kappa shape index (κ2) is 9.53. The lowest BCUT2D eigenvalue weighted by Gasteiger charge is -2.24. The number of benzene rings is 1. The fourth-order valence-electron chi connectivity index (χ4n) is 4.25. The van der Waals surface area contributed by atoms with E-state index in [0.29, 0.717) is 35.2 Å². The maximum absolute atomic E-state index is 14.0. The standard InChI is InChI=1S/C24H25F2N5O2/c1-14-12-31-21(23(32)28-11-17-8-6-16(10-27)7-9-17)15(2)30-22(31)24(29-14)33-13-18-19(25)4-3-5-20(18)26/h3-5,12,16-17H,6-9,11,13H2,1-2H3,(H,28,32). The van der Waals surface area contributed by atoms with Crippen molar-refractivity contribution in [2.24, 2.45) is 11.8 Å². The predicted octanol–water partition coefficient (Wildman–Crippen LogP) is 4.26. The molecule has 2 heterocycles. The third-order valence-corrected chi connectivity index (χ3v) is 6.08. The first kappa shape index (κ1) is 22.6. The highest BCUT2D eigenvalue weighted by atomic mass is 19.1. The highest BCUT2D eigenvalue weighted by Crippen LogP contribution is 2.28. The van der Waals surface area contributed by atoms with Crippen LogP contribution in [0.4, 0.5) is 8.78 Å². The minimum Gasteiger partial charge on any atom is -0.470 e. The fraction of sp³-hybridized carbons (Fsp3) is 0.417. The molecule has 1 N–H and O–H groups in total. The molecule has 33 heavy (non-hydrogen) atoms. The lowest BCUT2D eigenvalue weighted by atomic mass is 9.83. The van der Waals surface area contributed by atoms with Crippen LogP contribution in [-0.2, 0) is 6.61 Å². The number of aromatic nitrogens is 3. The lowest BCUT2D eigenvalue weighted by molar-refractivity contribution is 0.0936. The van der Waals surface area contributed by atoms with Crippen molar-refractivity contribution < 1.29 is 18.3 Å². The molecule has 0 bridgehead atoms. The minimum absolute atomic E-state index is 0.0922. The zero-order chi connectivity index (χ0) is 23.5. The zero-order valence-electron chi connectivity index (χ0n) is 18.6. The number of amides is 1. The summed E-state index contributed by atoms with van der Waals surface area (Å²) in [5.74, 6) is -1.13. The van der Waals surface area contributed by atoms with E-state index in [1.165, 1.54) is 6.07 Å². The number of hydrogen-bond donors (Lipinski definition) is 1. The molecular formula is C24H25F2N5O2. The number of halogens is 2. The van der Waals surface area contributed by atoms with Gasteiger partial charge in [0.15, 0.2) is 0 Å². The molecule has 1 amide bonds. The van der Waals surface area contributed by atoms with Gasteiger partial charge < -0.3 is 10.1 Å². The van der Waals surface area contributed by atoms with Crippen LogP contribution in [-0.4, -0.2) is 26.8 Å². The number of nitrogens with zero attached hydrogens (tertiary/aromatic N) is 4. The monoisotopic (exact) mass is 453 g/mol. The van der Waals surface area contributed by atoms with E-state index in [9.17, 15) is 13.6 Å². The molecule has 3 aromatic rings. The molecule has 0 spiro atoms. The van der Waals surface area contributed by atoms with Gasteiger partial charge in [-0.05, 0) is 57.6 Å². The molecule has 172 valence electrons. The number of hydrogen-bond acceptors (Lipinski definition) is 5. The minimum atomic E-state index is -0.706. The Labute approximate surface area is 190 Å². The summed E-state index contributed by atoms with van der Waals surface area (Å²) in [6.07, 6.45) is 5.23. The van der Waals surface area contributed by atoms with Gasteiger partial charge in [0, 0.05) is 18.7 Å². The Bertz CT molecular complexity index is 1210. The highest BCUT2D eigenvalue weighted by molar-refractivity contribution is 5.94. The van der Waals surface area contributed by atoms with Crippen LogP contribution >= 0.6 is 0 Å². The molecule has 1 fully saturated rings. The van der Waals surface area contributed by atoms with Gasteiger partial charge in [-0.2, -0.15) is 5.26 Å². The Balaban J connectivity index is 1.53. The first-order valence-electron chi connectivity index (χ1n) is 11.0. The van der Waals surface area contributed by atoms with E-state index in [1.54, 1.807) is 24.4 Å². The Morgan fingerprint density at radius 3 is 2.58 bits per heavy atom. The van der Waals surface area contributed by atoms with Crippen LogP contribution in [0.5, 0.6) is 5.88 Å². The second-order valence-electron chi connectivity index (χ2n) is 8.47. The molecule has 0 saturated heterocycles. The molecule has 7 nitrogen and oxygen atoms in total. The first-order chi connectivity index (χ1) is 15.9. The summed E-state index contributed by atoms with van der Waals surface area (Å²) in [6.45, 7) is 3.63. The summed E-state index contributed by atoms with van der Waals surface area (Å²) in [5.41, 5.74) is 1.52. The lowest BCUT2D eigenvalue weighted by Crippen LogP contribution is -2.32. The molecule has 0 unspecified atom stereocenters. The van der Waals surface area contributed by atoms with Crippen LogP contribution < -0.4 is 10.1 Å². The SMILES string of the molecule is Cc1cn2c(C(=O)NCC3CCC(C#N)CC3)c(C)nc2c(OCc2c(F)cccc2F)n1. The van der Waals surface area contributed by atoms with Crippen molar-refractivity contribution in [3.63, 3.8) is 0 Å². The van der Waals surface area contributed by atoms with Crippen molar-refractivity contribution in [2.75, 3.05) is 6.54 Å². The van der Waals surface area contributed by atoms with E-state index in [0.717, 1.165) is 37.8 Å². The maximum Gasteiger partial charge on any atom is 0.270 e. The van der Waals surface area contributed by atoms with E-state index >= 15 is 0 Å². The van der Waals surface area contributed by atoms with Gasteiger partial charge >= 0.3 is 0 Å². The number of imidazole rings is 1. The molecule has 1 aromatic carbocycles. The molecule has 1 aliphatic rings. The van der Waals surface area contributed by atoms with Gasteiger partial charge in [-0.15, -0.1) is 0 Å². The highest BCUT2D eigenvalue weighted by Gasteiger charge is 2.24. The third-order valence-electron chi connectivity index (χ3n) is 6.08. The maximum atomic E-state index is 14.0. The van der Waals surface area contributed by atoms with Crippen LogP contribution in [0.3, 0.4) is 0 Å². The predicted molar refractivity (Wildman–Crippen MR) is 117 cm³/mol. The van der Waals surface area contributed by atoms with Crippen molar-refractivity contribution >= 4 is 11.6 Å². The Kier molecular flexibility index (Phi) is 6.54. The molecule has 0 radical (unpaired) electrons. The van der Waals surface area contributed by atoms with E-state index < -0.39 is 11.6 Å². The number of carbonyl (C=O) groups excluding carboxylic acids is 1. The van der Waals surface area contributed by atoms with Gasteiger partial charge in [-0.3, -0.25) is 9.20 Å². The van der Waals surface area contributed by atoms with Crippen molar-refractivity contribution in [1.29, 1.82) is 5.26 Å². The molecule has 0 atom stereocenters. The quantitative estimate of drug-likeness (QED) is 0.602. The smallest absolute Gasteiger partial charge is 0.270 e. The van der Waals surface area contributed by atoms with Gasteiger partial charge in [0.2, 0.25) is 5.65 Å². The number of aryl methyl sites for hydroxylation is 2. The summed E-state index contributed by atoms with van der Waals surface area (Å²) in [7, 11) is 0. The summed E-state index contributed by atoms with van der Waals surface area (Å²) in [4.78, 5) is 21.8. The van der Waals surface area contributed by atoms with Crippen LogP contribution in [0.15, 0.2) is 24.4 Å². The Morgan fingerprint density at radius 2 is 1.91 bits per heavy atom. The van der Waals surface area contributed by atoms with Gasteiger partial charge in [-0.25, -0.2) is 18.7 Å². The molecule has 4 rings (SSSR count). The molecule has 0 aliphatic heterocycles. The summed E-state index contributed by atoms with van der Waals surface area (Å²) in [5, 5.41) is 12.0. The molecule has 1 saturated carbocycles.